The van der Waals surface area contributed by atoms with Crippen LogP contribution in [-0.4, -0.2) is 31.4 Å². The van der Waals surface area contributed by atoms with E-state index in [-0.39, 0.29) is 0 Å². The van der Waals surface area contributed by atoms with Crippen molar-refractivity contribution in [3.8, 4) is 0 Å². The number of aryl methyl sites for hydroxylation is 2. The Bertz CT molecular complexity index is 1040. The second-order valence-corrected chi connectivity index (χ2v) is 31.6. The molecule has 1 aliphatic heterocycles. The first kappa shape index (κ1) is 15.7. The van der Waals surface area contributed by atoms with Crippen LogP contribution < -0.4 is 14.4 Å². The van der Waals surface area contributed by atoms with Gasteiger partial charge in [0.25, 0.3) is 0 Å². The van der Waals surface area contributed by atoms with Gasteiger partial charge in [-0.3, -0.25) is 0 Å². The molecule has 0 aromatic heterocycles. The molecule has 0 fully saturated rings. The molecular formula is C24H20Te2. The van der Waals surface area contributed by atoms with Gasteiger partial charge in [0.1, 0.15) is 0 Å². The molecule has 0 saturated carbocycles. The fraction of sp³-hybridized carbons (Fsp3) is 0.0833. The summed E-state index contributed by atoms with van der Waals surface area (Å²) < 4.78 is 6.94. The predicted octanol–water partition coefficient (Wildman–Crippen LogP) is 1.71. The second kappa shape index (κ2) is 6.12. The van der Waals surface area contributed by atoms with Gasteiger partial charge in [0.05, 0.1) is 0 Å². The van der Waals surface area contributed by atoms with Crippen molar-refractivity contribution in [2.75, 3.05) is 0 Å². The average molecular weight is 564 g/mol. The van der Waals surface area contributed by atoms with E-state index in [0.29, 0.717) is 0 Å². The third-order valence-electron chi connectivity index (χ3n) is 5.61. The molecule has 0 radical (unpaired) electrons. The SMILES string of the molecule is c1ccc([TeH]2c3ccc4c5c(ccc(c35)[TeH]2c2ccccc2)CC4)cc1. The van der Waals surface area contributed by atoms with Gasteiger partial charge in [0.2, 0.25) is 0 Å². The fourth-order valence-electron chi connectivity index (χ4n) is 4.51. The van der Waals surface area contributed by atoms with Crippen molar-refractivity contribution in [3.05, 3.63) is 96.1 Å². The number of rotatable bonds is 2. The molecule has 2 aliphatic rings. The molecule has 0 nitrogen and oxygen atoms in total. The molecule has 0 saturated heterocycles. The molecule has 6 rings (SSSR count). The van der Waals surface area contributed by atoms with Crippen molar-refractivity contribution in [2.24, 2.45) is 0 Å². The Morgan fingerprint density at radius 3 is 1.38 bits per heavy atom. The molecule has 1 heterocycles. The summed E-state index contributed by atoms with van der Waals surface area (Å²) in [6, 6.07) is 33.1. The maximum atomic E-state index is 2.54. The van der Waals surface area contributed by atoms with Crippen LogP contribution in [0.25, 0.3) is 10.8 Å². The fourth-order valence-corrected chi connectivity index (χ4v) is 44.4. The van der Waals surface area contributed by atoms with Crippen LogP contribution in [0.3, 0.4) is 0 Å². The van der Waals surface area contributed by atoms with E-state index in [1.165, 1.54) is 12.8 Å². The van der Waals surface area contributed by atoms with Gasteiger partial charge in [-0.2, -0.15) is 0 Å². The van der Waals surface area contributed by atoms with E-state index in [4.69, 9.17) is 0 Å². The minimum absolute atomic E-state index is 1.24. The van der Waals surface area contributed by atoms with Gasteiger partial charge in [-0.05, 0) is 0 Å². The van der Waals surface area contributed by atoms with Gasteiger partial charge in [0, 0.05) is 0 Å². The van der Waals surface area contributed by atoms with E-state index in [0.717, 1.165) is 0 Å². The van der Waals surface area contributed by atoms with Crippen LogP contribution in [-0.2, 0) is 12.8 Å². The zero-order valence-electron chi connectivity index (χ0n) is 14.4. The molecule has 128 valence electrons. The quantitative estimate of drug-likeness (QED) is 0.326. The summed E-state index contributed by atoms with van der Waals surface area (Å²) in [5, 5.41) is 3.35. The van der Waals surface area contributed by atoms with Crippen molar-refractivity contribution in [2.45, 2.75) is 12.8 Å². The molecule has 2 unspecified atom stereocenters. The molecule has 2 heteroatoms. The Morgan fingerprint density at radius 1 is 0.462 bits per heavy atom. The summed E-state index contributed by atoms with van der Waals surface area (Å²) in [5.74, 6) is 0. The van der Waals surface area contributed by atoms with E-state index in [9.17, 15) is 0 Å². The Morgan fingerprint density at radius 2 is 0.923 bits per heavy atom. The van der Waals surface area contributed by atoms with E-state index in [1.807, 2.05) is 0 Å². The predicted molar refractivity (Wildman–Crippen MR) is 117 cm³/mol. The summed E-state index contributed by atoms with van der Waals surface area (Å²) >= 11 is -3.49. The monoisotopic (exact) mass is 568 g/mol. The molecule has 26 heavy (non-hydrogen) atoms. The van der Waals surface area contributed by atoms with Crippen molar-refractivity contribution in [1.82, 2.24) is 0 Å². The standard InChI is InChI=1S/C24H20Te2/c1-3-7-19(8-4-1)25-21-15-13-17-11-12-18-14-16-22(24(21)23(17)18)26(25)20-9-5-2-6-10-20/h1-10,13-16,25-26H,11-12H2. The first-order chi connectivity index (χ1) is 12.9. The van der Waals surface area contributed by atoms with Gasteiger partial charge < -0.3 is 0 Å². The first-order valence-electron chi connectivity index (χ1n) is 9.19. The minimum atomic E-state index is -1.75. The Kier molecular flexibility index (Phi) is 3.71. The van der Waals surface area contributed by atoms with Crippen LogP contribution in [0.4, 0.5) is 0 Å². The Hall–Kier alpha value is -1.28. The van der Waals surface area contributed by atoms with Crippen LogP contribution in [0.5, 0.6) is 0 Å². The zero-order chi connectivity index (χ0) is 17.1. The van der Waals surface area contributed by atoms with Crippen LogP contribution in [0.2, 0.25) is 0 Å². The number of hydrogen-bond donors (Lipinski definition) is 0. The summed E-state index contributed by atoms with van der Waals surface area (Å²) in [6.07, 6.45) is 2.47. The zero-order valence-corrected chi connectivity index (χ0v) is 19.5. The van der Waals surface area contributed by atoms with E-state index in [2.05, 4.69) is 84.9 Å². The molecule has 1 aliphatic carbocycles. The van der Waals surface area contributed by atoms with Crippen molar-refractivity contribution < 1.29 is 0 Å². The molecular weight excluding hydrogens is 543 g/mol. The van der Waals surface area contributed by atoms with Crippen molar-refractivity contribution in [3.63, 3.8) is 0 Å². The number of benzene rings is 4. The molecule has 0 N–H and O–H groups in total. The normalized spacial score (nSPS) is 22.8. The topological polar surface area (TPSA) is 0 Å². The van der Waals surface area contributed by atoms with Gasteiger partial charge in [-0.25, -0.2) is 0 Å². The Labute approximate surface area is 164 Å². The van der Waals surface area contributed by atoms with Crippen LogP contribution >= 0.6 is 0 Å². The summed E-state index contributed by atoms with van der Waals surface area (Å²) in [6.45, 7) is 0. The van der Waals surface area contributed by atoms with Crippen LogP contribution in [0.15, 0.2) is 84.9 Å². The number of hydrogen-bond acceptors (Lipinski definition) is 0. The first-order valence-corrected chi connectivity index (χ1v) is 23.1. The molecule has 2 atom stereocenters. The molecule has 0 spiro atoms. The average Bonchev–Trinajstić information content (AvgIpc) is 3.27. The van der Waals surface area contributed by atoms with Gasteiger partial charge in [0.15, 0.2) is 0 Å². The van der Waals surface area contributed by atoms with Gasteiger partial charge >= 0.3 is 165 Å². The van der Waals surface area contributed by atoms with Gasteiger partial charge in [-0.1, -0.05) is 0 Å². The van der Waals surface area contributed by atoms with E-state index >= 15 is 0 Å². The maximum absolute atomic E-state index is 2.54. The Balaban J connectivity index is 1.70. The van der Waals surface area contributed by atoms with Crippen LogP contribution in [0, 0.1) is 0 Å². The molecule has 0 bridgehead atoms. The summed E-state index contributed by atoms with van der Waals surface area (Å²) in [5.41, 5.74) is 3.20. The molecule has 4 aromatic carbocycles. The third-order valence-corrected chi connectivity index (χ3v) is 40.7. The molecule has 0 amide bonds. The summed E-state index contributed by atoms with van der Waals surface area (Å²) in [7, 11) is 0. The van der Waals surface area contributed by atoms with Crippen molar-refractivity contribution >= 4 is 56.6 Å². The van der Waals surface area contributed by atoms with Gasteiger partial charge in [-0.15, -0.1) is 0 Å². The van der Waals surface area contributed by atoms with E-state index < -0.39 is 31.4 Å². The summed E-state index contributed by atoms with van der Waals surface area (Å²) in [4.78, 5) is 0. The molecule has 4 aromatic rings. The third kappa shape index (κ3) is 2.20. The van der Waals surface area contributed by atoms with Crippen LogP contribution in [0.1, 0.15) is 11.1 Å². The van der Waals surface area contributed by atoms with E-state index in [1.54, 1.807) is 36.3 Å². The second-order valence-electron chi connectivity index (χ2n) is 7.03. The van der Waals surface area contributed by atoms with Crippen molar-refractivity contribution in [1.29, 1.82) is 0 Å².